The topological polar surface area (TPSA) is 67.8 Å². The highest BCUT2D eigenvalue weighted by Gasteiger charge is 2.37. The van der Waals surface area contributed by atoms with Gasteiger partial charge in [0.1, 0.15) is 6.10 Å². The van der Waals surface area contributed by atoms with Crippen molar-refractivity contribution in [2.45, 2.75) is 19.1 Å². The van der Waals surface area contributed by atoms with E-state index in [1.165, 1.54) is 0 Å². The van der Waals surface area contributed by atoms with E-state index in [2.05, 4.69) is 14.9 Å². The molecule has 7 nitrogen and oxygen atoms in total. The molecule has 0 N–H and O–H groups in total. The lowest BCUT2D eigenvalue weighted by molar-refractivity contribution is -0.144. The Morgan fingerprint density at radius 2 is 1.64 bits per heavy atom. The Kier molecular flexibility index (Phi) is 4.13. The van der Waals surface area contributed by atoms with Crippen LogP contribution in [0, 0.1) is 0 Å². The summed E-state index contributed by atoms with van der Waals surface area (Å²) < 4.78 is 11.8. The molecular weight excluding hydrogens is 320 g/mol. The predicted octanol–water partition coefficient (Wildman–Crippen LogP) is 1.35. The van der Waals surface area contributed by atoms with Gasteiger partial charge in [-0.1, -0.05) is 12.1 Å². The van der Waals surface area contributed by atoms with Crippen molar-refractivity contribution in [2.75, 3.05) is 31.1 Å². The third-order valence-corrected chi connectivity index (χ3v) is 4.51. The van der Waals surface area contributed by atoms with E-state index in [0.717, 1.165) is 0 Å². The van der Waals surface area contributed by atoms with Crippen LogP contribution < -0.4 is 14.4 Å². The normalized spacial score (nSPS) is 22.6. The minimum atomic E-state index is -0.616. The van der Waals surface area contributed by atoms with Gasteiger partial charge in [-0.3, -0.25) is 4.79 Å². The summed E-state index contributed by atoms with van der Waals surface area (Å²) in [6.07, 6.45) is 2.52. The second-order valence-electron chi connectivity index (χ2n) is 6.17. The molecule has 1 aromatic carbocycles. The molecule has 7 heteroatoms. The molecular formula is C18H20N4O3. The lowest BCUT2D eigenvalue weighted by Gasteiger charge is -2.38. The number of piperazine rings is 1. The lowest BCUT2D eigenvalue weighted by Crippen LogP contribution is -2.56. The van der Waals surface area contributed by atoms with Crippen molar-refractivity contribution in [3.8, 4) is 11.5 Å². The minimum Gasteiger partial charge on any atom is -0.482 e. The quantitative estimate of drug-likeness (QED) is 0.822. The predicted molar refractivity (Wildman–Crippen MR) is 91.8 cm³/mol. The third-order valence-electron chi connectivity index (χ3n) is 4.51. The standard InChI is InChI=1S/C18H20N4O3/c1-13-16(25-15-6-3-2-5-14(15)24-13)17(23)21-9-11-22(12-10-21)18-19-7-4-8-20-18/h2-8,13,16H,9-12H2,1H3/t13-,16-/m0/s1. The number of amides is 1. The number of carbonyl (C=O) groups is 1. The molecule has 130 valence electrons. The van der Waals surface area contributed by atoms with Crippen LogP contribution in [0.2, 0.25) is 0 Å². The van der Waals surface area contributed by atoms with E-state index in [-0.39, 0.29) is 12.0 Å². The van der Waals surface area contributed by atoms with Gasteiger partial charge in [-0.2, -0.15) is 0 Å². The molecule has 2 aromatic rings. The Labute approximate surface area is 146 Å². The molecule has 1 aromatic heterocycles. The Balaban J connectivity index is 1.41. The summed E-state index contributed by atoms with van der Waals surface area (Å²) in [6.45, 7) is 4.51. The maximum Gasteiger partial charge on any atom is 0.267 e. The Hall–Kier alpha value is -2.83. The Bertz CT molecular complexity index is 747. The molecule has 0 bridgehead atoms. The van der Waals surface area contributed by atoms with Gasteiger partial charge in [0.2, 0.25) is 12.1 Å². The van der Waals surface area contributed by atoms with E-state index in [4.69, 9.17) is 9.47 Å². The third kappa shape index (κ3) is 3.09. The fraction of sp³-hybridized carbons (Fsp3) is 0.389. The summed E-state index contributed by atoms with van der Waals surface area (Å²) in [6, 6.07) is 9.24. The van der Waals surface area contributed by atoms with Gasteiger partial charge >= 0.3 is 0 Å². The van der Waals surface area contributed by atoms with Crippen molar-refractivity contribution in [3.63, 3.8) is 0 Å². The highest BCUT2D eigenvalue weighted by Crippen LogP contribution is 2.34. The van der Waals surface area contributed by atoms with Crippen molar-refractivity contribution in [3.05, 3.63) is 42.7 Å². The molecule has 1 saturated heterocycles. The first-order valence-corrected chi connectivity index (χ1v) is 8.45. The first kappa shape index (κ1) is 15.7. The van der Waals surface area contributed by atoms with Crippen LogP contribution in [0.4, 0.5) is 5.95 Å². The summed E-state index contributed by atoms with van der Waals surface area (Å²) in [5, 5.41) is 0. The number of carbonyl (C=O) groups excluding carboxylic acids is 1. The smallest absolute Gasteiger partial charge is 0.267 e. The molecule has 25 heavy (non-hydrogen) atoms. The van der Waals surface area contributed by atoms with Crippen LogP contribution in [0.3, 0.4) is 0 Å². The molecule has 2 aliphatic heterocycles. The number of benzene rings is 1. The number of ether oxygens (including phenoxy) is 2. The summed E-state index contributed by atoms with van der Waals surface area (Å²) in [5.74, 6) is 1.98. The van der Waals surface area contributed by atoms with Crippen molar-refractivity contribution < 1.29 is 14.3 Å². The Morgan fingerprint density at radius 3 is 2.32 bits per heavy atom. The Morgan fingerprint density at radius 1 is 1.00 bits per heavy atom. The zero-order chi connectivity index (χ0) is 17.2. The van der Waals surface area contributed by atoms with Gasteiger partial charge in [0.25, 0.3) is 5.91 Å². The van der Waals surface area contributed by atoms with Gasteiger partial charge < -0.3 is 19.3 Å². The highest BCUT2D eigenvalue weighted by atomic mass is 16.6. The van der Waals surface area contributed by atoms with Crippen LogP contribution in [0.25, 0.3) is 0 Å². The number of hydrogen-bond acceptors (Lipinski definition) is 6. The molecule has 1 amide bonds. The summed E-state index contributed by atoms with van der Waals surface area (Å²) in [5.41, 5.74) is 0. The summed E-state index contributed by atoms with van der Waals surface area (Å²) >= 11 is 0. The van der Waals surface area contributed by atoms with Gasteiger partial charge in [0, 0.05) is 38.6 Å². The number of fused-ring (bicyclic) bond motifs is 1. The highest BCUT2D eigenvalue weighted by molar-refractivity contribution is 5.82. The molecule has 1 fully saturated rings. The van der Waals surface area contributed by atoms with Gasteiger partial charge in [-0.15, -0.1) is 0 Å². The second-order valence-corrected chi connectivity index (χ2v) is 6.17. The lowest BCUT2D eigenvalue weighted by atomic mass is 10.1. The van der Waals surface area contributed by atoms with Crippen LogP contribution in [-0.4, -0.2) is 59.2 Å². The van der Waals surface area contributed by atoms with Crippen molar-refractivity contribution >= 4 is 11.9 Å². The van der Waals surface area contributed by atoms with Crippen LogP contribution in [-0.2, 0) is 4.79 Å². The summed E-state index contributed by atoms with van der Waals surface area (Å²) in [7, 11) is 0. The first-order valence-electron chi connectivity index (χ1n) is 8.45. The van der Waals surface area contributed by atoms with Crippen LogP contribution in [0.1, 0.15) is 6.92 Å². The molecule has 4 rings (SSSR count). The van der Waals surface area contributed by atoms with E-state index in [0.29, 0.717) is 43.6 Å². The largest absolute Gasteiger partial charge is 0.482 e. The monoisotopic (exact) mass is 340 g/mol. The second kappa shape index (κ2) is 6.58. The molecule has 0 saturated carbocycles. The zero-order valence-corrected chi connectivity index (χ0v) is 14.0. The average Bonchev–Trinajstić information content (AvgIpc) is 2.68. The average molecular weight is 340 g/mol. The molecule has 2 aliphatic rings. The molecule has 0 radical (unpaired) electrons. The fourth-order valence-corrected chi connectivity index (χ4v) is 3.15. The molecule has 0 unspecified atom stereocenters. The molecule has 2 atom stereocenters. The summed E-state index contributed by atoms with van der Waals surface area (Å²) in [4.78, 5) is 25.3. The number of aromatic nitrogens is 2. The van der Waals surface area contributed by atoms with E-state index >= 15 is 0 Å². The number of anilines is 1. The van der Waals surface area contributed by atoms with E-state index in [1.54, 1.807) is 18.5 Å². The van der Waals surface area contributed by atoms with Crippen LogP contribution >= 0.6 is 0 Å². The maximum atomic E-state index is 12.9. The van der Waals surface area contributed by atoms with Gasteiger partial charge in [0.15, 0.2) is 11.5 Å². The SMILES string of the molecule is C[C@@H]1Oc2ccccc2O[C@@H]1C(=O)N1CCN(c2ncccn2)CC1. The number of para-hydroxylation sites is 2. The molecule has 0 aliphatic carbocycles. The van der Waals surface area contributed by atoms with Crippen molar-refractivity contribution in [1.82, 2.24) is 14.9 Å². The van der Waals surface area contributed by atoms with E-state index < -0.39 is 6.10 Å². The van der Waals surface area contributed by atoms with Crippen molar-refractivity contribution in [1.29, 1.82) is 0 Å². The fourth-order valence-electron chi connectivity index (χ4n) is 3.15. The zero-order valence-electron chi connectivity index (χ0n) is 14.0. The van der Waals surface area contributed by atoms with E-state index in [9.17, 15) is 4.79 Å². The number of nitrogens with zero attached hydrogens (tertiary/aromatic N) is 4. The van der Waals surface area contributed by atoms with Crippen LogP contribution in [0.5, 0.6) is 11.5 Å². The molecule has 0 spiro atoms. The van der Waals surface area contributed by atoms with Gasteiger partial charge in [-0.05, 0) is 25.1 Å². The first-order chi connectivity index (χ1) is 12.2. The molecule has 3 heterocycles. The van der Waals surface area contributed by atoms with Gasteiger partial charge in [0.05, 0.1) is 0 Å². The van der Waals surface area contributed by atoms with Gasteiger partial charge in [-0.25, -0.2) is 9.97 Å². The maximum absolute atomic E-state index is 12.9. The number of rotatable bonds is 2. The van der Waals surface area contributed by atoms with E-state index in [1.807, 2.05) is 36.1 Å². The van der Waals surface area contributed by atoms with Crippen LogP contribution in [0.15, 0.2) is 42.7 Å². The minimum absolute atomic E-state index is 0.0318. The van der Waals surface area contributed by atoms with Crippen molar-refractivity contribution in [2.24, 2.45) is 0 Å². The number of hydrogen-bond donors (Lipinski definition) is 0.